The molecule has 2 bridgehead atoms. The van der Waals surface area contributed by atoms with Crippen molar-refractivity contribution >= 4 is 30.5 Å². The van der Waals surface area contributed by atoms with Crippen LogP contribution in [0, 0.1) is 23.2 Å². The molecule has 5 rings (SSSR count). The average molecular weight is 500 g/mol. The zero-order valence-electron chi connectivity index (χ0n) is 21.6. The topological polar surface area (TPSA) is 103 Å². The van der Waals surface area contributed by atoms with Crippen LogP contribution in [0.3, 0.4) is 0 Å². The van der Waals surface area contributed by atoms with E-state index in [-0.39, 0.29) is 41.3 Å². The molecule has 2 amide bonds. The second-order valence-electron chi connectivity index (χ2n) is 11.4. The highest BCUT2D eigenvalue weighted by Gasteiger charge is 2.68. The summed E-state index contributed by atoms with van der Waals surface area (Å²) in [5.41, 5.74) is 6.08. The third-order valence-electron chi connectivity index (χ3n) is 8.45. The van der Waals surface area contributed by atoms with Gasteiger partial charge in [0.1, 0.15) is 0 Å². The molecule has 0 aromatic carbocycles. The molecule has 10 heteroatoms. The van der Waals surface area contributed by atoms with Gasteiger partial charge in [0.2, 0.25) is 11.8 Å². The lowest BCUT2D eigenvalue weighted by atomic mass is 9.43. The number of ether oxygens (including phenoxy) is 1. The van der Waals surface area contributed by atoms with Gasteiger partial charge in [0.05, 0.1) is 43.3 Å². The van der Waals surface area contributed by atoms with E-state index in [1.54, 1.807) is 4.90 Å². The van der Waals surface area contributed by atoms with Crippen LogP contribution < -0.4 is 11.1 Å². The Morgan fingerprint density at radius 2 is 1.82 bits per heavy atom. The molecule has 0 spiro atoms. The molecule has 5 aliphatic rings. The molecule has 8 nitrogen and oxygen atoms in total. The van der Waals surface area contributed by atoms with Crippen LogP contribution in [0.15, 0.2) is 0 Å². The van der Waals surface area contributed by atoms with Crippen molar-refractivity contribution in [3.8, 4) is 0 Å². The zero-order valence-corrected chi connectivity index (χ0v) is 22.4. The highest BCUT2D eigenvalue weighted by Crippen LogP contribution is 2.65. The van der Waals surface area contributed by atoms with Crippen molar-refractivity contribution < 1.29 is 23.6 Å². The van der Waals surface area contributed by atoms with Crippen LogP contribution in [0.2, 0.25) is 0 Å². The van der Waals surface area contributed by atoms with Gasteiger partial charge < -0.3 is 30.0 Å². The molecule has 194 valence electrons. The maximum absolute atomic E-state index is 12.9. The SMILES string of the molecule is CC(C)CC(NC(=O)C(N)CC(=O)N1CCOCC1)B1OC2CC3CC(C3(C)C)[C@]2(C)O1.CCl. The number of carbonyl (C=O) groups is 2. The van der Waals surface area contributed by atoms with Crippen LogP contribution in [-0.2, 0) is 23.6 Å². The van der Waals surface area contributed by atoms with Gasteiger partial charge in [-0.15, -0.1) is 11.6 Å². The van der Waals surface area contributed by atoms with E-state index in [2.05, 4.69) is 51.5 Å². The number of nitrogens with two attached hydrogens (primary N) is 1. The van der Waals surface area contributed by atoms with Crippen LogP contribution in [0.4, 0.5) is 0 Å². The largest absolute Gasteiger partial charge is 0.481 e. The van der Waals surface area contributed by atoms with Crippen molar-refractivity contribution in [2.75, 3.05) is 32.7 Å². The van der Waals surface area contributed by atoms with E-state index < -0.39 is 13.2 Å². The van der Waals surface area contributed by atoms with Gasteiger partial charge in [0.25, 0.3) is 0 Å². The van der Waals surface area contributed by atoms with Gasteiger partial charge in [-0.3, -0.25) is 9.59 Å². The van der Waals surface area contributed by atoms with Crippen molar-refractivity contribution in [1.29, 1.82) is 0 Å². The third kappa shape index (κ3) is 5.43. The number of amides is 2. The maximum Gasteiger partial charge on any atom is 0.481 e. The lowest BCUT2D eigenvalue weighted by Gasteiger charge is -2.64. The first-order valence-electron chi connectivity index (χ1n) is 12.6. The fourth-order valence-corrected chi connectivity index (χ4v) is 6.33. The Labute approximate surface area is 210 Å². The number of nitrogens with one attached hydrogen (secondary N) is 1. The molecule has 2 aliphatic heterocycles. The lowest BCUT2D eigenvalue weighted by Crippen LogP contribution is -2.65. The molecule has 3 saturated carbocycles. The molecule has 0 radical (unpaired) electrons. The van der Waals surface area contributed by atoms with Crippen molar-refractivity contribution in [2.45, 2.75) is 84.0 Å². The Balaban J connectivity index is 0.00000158. The second-order valence-corrected chi connectivity index (χ2v) is 11.4. The number of nitrogens with zero attached hydrogens (tertiary/aromatic N) is 1. The Morgan fingerprint density at radius 1 is 1.18 bits per heavy atom. The van der Waals surface area contributed by atoms with Crippen molar-refractivity contribution in [3.05, 3.63) is 0 Å². The summed E-state index contributed by atoms with van der Waals surface area (Å²) in [4.78, 5) is 27.2. The standard InChI is InChI=1S/C23H40BN3O5.CH3Cl/c1-14(2)10-19(26-21(29)16(25)13-20(28)27-6-8-30-9-7-27)24-31-18-12-15-11-17(22(15,3)4)23(18,5)32-24;1-2/h14-19H,6-13,25H2,1-5H3,(H,26,29);1H3/t15?,16?,17?,18?,19?,23-;/m0./s1. The van der Waals surface area contributed by atoms with Gasteiger partial charge in [-0.25, -0.2) is 0 Å². The highest BCUT2D eigenvalue weighted by molar-refractivity contribution is 6.47. The monoisotopic (exact) mass is 499 g/mol. The van der Waals surface area contributed by atoms with Crippen LogP contribution in [0.1, 0.15) is 60.3 Å². The van der Waals surface area contributed by atoms with E-state index in [0.717, 1.165) is 12.8 Å². The zero-order chi connectivity index (χ0) is 25.3. The number of halogens is 1. The minimum atomic E-state index is -0.897. The van der Waals surface area contributed by atoms with Crippen molar-refractivity contribution in [3.63, 3.8) is 0 Å². The fraction of sp³-hybridized carbons (Fsp3) is 0.917. The molecule has 6 atom stereocenters. The molecular formula is C24H43BClN3O5. The Bertz CT molecular complexity index is 735. The van der Waals surface area contributed by atoms with E-state index in [9.17, 15) is 9.59 Å². The van der Waals surface area contributed by atoms with Crippen LogP contribution in [0.5, 0.6) is 0 Å². The number of rotatable bonds is 7. The van der Waals surface area contributed by atoms with Gasteiger partial charge in [-0.2, -0.15) is 0 Å². The predicted molar refractivity (Wildman–Crippen MR) is 133 cm³/mol. The summed E-state index contributed by atoms with van der Waals surface area (Å²) in [7, 11) is -0.492. The predicted octanol–water partition coefficient (Wildman–Crippen LogP) is 2.22. The maximum atomic E-state index is 12.9. The third-order valence-corrected chi connectivity index (χ3v) is 8.45. The minimum Gasteiger partial charge on any atom is -0.404 e. The smallest absolute Gasteiger partial charge is 0.404 e. The minimum absolute atomic E-state index is 0.00903. The first-order chi connectivity index (χ1) is 16.0. The molecule has 2 heterocycles. The highest BCUT2D eigenvalue weighted by atomic mass is 35.5. The molecule has 34 heavy (non-hydrogen) atoms. The van der Waals surface area contributed by atoms with Gasteiger partial charge in [0.15, 0.2) is 0 Å². The van der Waals surface area contributed by atoms with E-state index in [1.165, 1.54) is 12.8 Å². The number of carbonyl (C=O) groups excluding carboxylic acids is 2. The molecule has 5 unspecified atom stereocenters. The van der Waals surface area contributed by atoms with Crippen LogP contribution in [0.25, 0.3) is 0 Å². The molecule has 3 N–H and O–H groups in total. The summed E-state index contributed by atoms with van der Waals surface area (Å²) in [6, 6.07) is -0.897. The summed E-state index contributed by atoms with van der Waals surface area (Å²) in [6.45, 7) is 13.2. The van der Waals surface area contributed by atoms with E-state index in [0.29, 0.717) is 44.1 Å². The van der Waals surface area contributed by atoms with E-state index in [1.807, 2.05) is 0 Å². The summed E-state index contributed by atoms with van der Waals surface area (Å²) in [6.07, 6.45) is 4.44. The van der Waals surface area contributed by atoms with Crippen molar-refractivity contribution in [2.24, 2.45) is 28.9 Å². The number of hydrogen-bond acceptors (Lipinski definition) is 6. The summed E-state index contributed by atoms with van der Waals surface area (Å²) < 4.78 is 18.3. The summed E-state index contributed by atoms with van der Waals surface area (Å²) in [5, 5.41) is 3.07. The molecule has 5 fully saturated rings. The molecule has 2 saturated heterocycles. The first-order valence-corrected chi connectivity index (χ1v) is 13.4. The Kier molecular flexibility index (Phi) is 8.99. The molecule has 0 aromatic rings. The molecular weight excluding hydrogens is 457 g/mol. The summed E-state index contributed by atoms with van der Waals surface area (Å²) >= 11 is 4.64. The van der Waals surface area contributed by atoms with Crippen molar-refractivity contribution in [1.82, 2.24) is 10.2 Å². The number of alkyl halides is 1. The lowest BCUT2D eigenvalue weighted by molar-refractivity contribution is -0.199. The number of hydrogen-bond donors (Lipinski definition) is 2. The molecule has 3 aliphatic carbocycles. The van der Waals surface area contributed by atoms with E-state index >= 15 is 0 Å². The van der Waals surface area contributed by atoms with Gasteiger partial charge in [-0.05, 0) is 49.4 Å². The Morgan fingerprint density at radius 3 is 2.41 bits per heavy atom. The average Bonchev–Trinajstić information content (AvgIpc) is 3.17. The first kappa shape index (κ1) is 27.7. The second kappa shape index (κ2) is 11.0. The van der Waals surface area contributed by atoms with E-state index in [4.69, 9.17) is 19.8 Å². The van der Waals surface area contributed by atoms with Gasteiger partial charge >= 0.3 is 7.12 Å². The van der Waals surface area contributed by atoms with Gasteiger partial charge in [-0.1, -0.05) is 27.7 Å². The van der Waals surface area contributed by atoms with Crippen LogP contribution in [-0.4, -0.2) is 80.2 Å². The number of morpholine rings is 1. The normalized spacial score (nSPS) is 33.3. The fourth-order valence-electron chi connectivity index (χ4n) is 6.33. The quantitative estimate of drug-likeness (QED) is 0.411. The Hall–Kier alpha value is -0.865. The van der Waals surface area contributed by atoms with Gasteiger partial charge in [0, 0.05) is 19.5 Å². The molecule has 0 aromatic heterocycles. The van der Waals surface area contributed by atoms with Crippen LogP contribution >= 0.6 is 11.6 Å². The summed E-state index contributed by atoms with van der Waals surface area (Å²) in [5.74, 6) is 0.756.